The molecular formula is C19H18N2O3. The van der Waals surface area contributed by atoms with Crippen LogP contribution in [0.15, 0.2) is 42.5 Å². The van der Waals surface area contributed by atoms with Crippen LogP contribution in [0.5, 0.6) is 5.75 Å². The van der Waals surface area contributed by atoms with E-state index in [0.717, 1.165) is 23.4 Å². The lowest BCUT2D eigenvalue weighted by Crippen LogP contribution is -2.34. The number of hydrogen-bond donors (Lipinski definition) is 2. The van der Waals surface area contributed by atoms with Crippen LogP contribution in [0.25, 0.3) is 0 Å². The standard InChI is InChI=1S/C19H18N2O3/c22-18-8-6-12-9-14(5-7-16(12)21-18)19(23)20-11-15-10-13-3-1-2-4-17(13)24-15/h1-5,7,9,15H,6,8,10-11H2,(H,20,23)(H,21,22)/t15-/m0/s1. The van der Waals surface area contributed by atoms with Crippen molar-refractivity contribution in [1.29, 1.82) is 0 Å². The highest BCUT2D eigenvalue weighted by atomic mass is 16.5. The second kappa shape index (κ2) is 6.00. The average molecular weight is 322 g/mol. The third kappa shape index (κ3) is 2.85. The summed E-state index contributed by atoms with van der Waals surface area (Å²) in [4.78, 5) is 23.8. The van der Waals surface area contributed by atoms with E-state index < -0.39 is 0 Å². The van der Waals surface area contributed by atoms with Gasteiger partial charge < -0.3 is 15.4 Å². The fraction of sp³-hybridized carbons (Fsp3) is 0.263. The maximum absolute atomic E-state index is 12.4. The fourth-order valence-corrected chi connectivity index (χ4v) is 3.20. The lowest BCUT2D eigenvalue weighted by molar-refractivity contribution is -0.116. The highest BCUT2D eigenvalue weighted by molar-refractivity contribution is 5.97. The molecule has 2 N–H and O–H groups in total. The summed E-state index contributed by atoms with van der Waals surface area (Å²) in [5, 5.41) is 5.76. The molecule has 1 atom stereocenters. The van der Waals surface area contributed by atoms with Crippen molar-refractivity contribution in [2.45, 2.75) is 25.4 Å². The fourth-order valence-electron chi connectivity index (χ4n) is 3.20. The second-order valence-corrected chi connectivity index (χ2v) is 6.18. The molecule has 0 fully saturated rings. The number of amides is 2. The number of para-hydroxylation sites is 1. The maximum atomic E-state index is 12.4. The lowest BCUT2D eigenvalue weighted by Gasteiger charge is -2.18. The van der Waals surface area contributed by atoms with Crippen LogP contribution in [0.3, 0.4) is 0 Å². The van der Waals surface area contributed by atoms with Gasteiger partial charge in [0.05, 0.1) is 6.54 Å². The maximum Gasteiger partial charge on any atom is 0.251 e. The van der Waals surface area contributed by atoms with E-state index in [9.17, 15) is 9.59 Å². The van der Waals surface area contributed by atoms with E-state index in [-0.39, 0.29) is 17.9 Å². The van der Waals surface area contributed by atoms with Crippen molar-refractivity contribution in [3.05, 3.63) is 59.2 Å². The van der Waals surface area contributed by atoms with Crippen molar-refractivity contribution in [2.24, 2.45) is 0 Å². The molecule has 2 aliphatic rings. The summed E-state index contributed by atoms with van der Waals surface area (Å²) in [5.74, 6) is 0.813. The molecule has 0 unspecified atom stereocenters. The number of hydrogen-bond acceptors (Lipinski definition) is 3. The Morgan fingerprint density at radius 3 is 2.92 bits per heavy atom. The first kappa shape index (κ1) is 14.8. The molecule has 0 saturated carbocycles. The highest BCUT2D eigenvalue weighted by Gasteiger charge is 2.23. The van der Waals surface area contributed by atoms with Crippen molar-refractivity contribution in [3.63, 3.8) is 0 Å². The SMILES string of the molecule is O=C1CCc2cc(C(=O)NC[C@@H]3Cc4ccccc4O3)ccc2N1. The summed E-state index contributed by atoms with van der Waals surface area (Å²) < 4.78 is 5.83. The van der Waals surface area contributed by atoms with E-state index in [1.807, 2.05) is 24.3 Å². The molecular weight excluding hydrogens is 304 g/mol. The van der Waals surface area contributed by atoms with Gasteiger partial charge in [0.1, 0.15) is 11.9 Å². The molecule has 0 radical (unpaired) electrons. The Hall–Kier alpha value is -2.82. The van der Waals surface area contributed by atoms with Crippen LogP contribution in [-0.2, 0) is 17.6 Å². The number of anilines is 1. The molecule has 0 aliphatic carbocycles. The number of nitrogens with one attached hydrogen (secondary N) is 2. The minimum Gasteiger partial charge on any atom is -0.488 e. The largest absolute Gasteiger partial charge is 0.488 e. The molecule has 2 amide bonds. The molecule has 0 saturated heterocycles. The van der Waals surface area contributed by atoms with E-state index in [1.54, 1.807) is 12.1 Å². The van der Waals surface area contributed by atoms with Crippen molar-refractivity contribution < 1.29 is 14.3 Å². The van der Waals surface area contributed by atoms with Gasteiger partial charge in [-0.15, -0.1) is 0 Å². The molecule has 4 rings (SSSR count). The van der Waals surface area contributed by atoms with Gasteiger partial charge in [-0.1, -0.05) is 18.2 Å². The summed E-state index contributed by atoms with van der Waals surface area (Å²) in [6.07, 6.45) is 1.92. The Balaban J connectivity index is 1.38. The predicted octanol–water partition coefficient (Wildman–Crippen LogP) is 2.30. The first-order valence-electron chi connectivity index (χ1n) is 8.14. The number of fused-ring (bicyclic) bond motifs is 2. The molecule has 2 heterocycles. The van der Waals surface area contributed by atoms with Crippen LogP contribution in [0.2, 0.25) is 0 Å². The van der Waals surface area contributed by atoms with Gasteiger partial charge in [0.25, 0.3) is 5.91 Å². The number of carbonyl (C=O) groups excluding carboxylic acids is 2. The predicted molar refractivity (Wildman–Crippen MR) is 90.3 cm³/mol. The highest BCUT2D eigenvalue weighted by Crippen LogP contribution is 2.28. The molecule has 24 heavy (non-hydrogen) atoms. The number of ether oxygens (including phenoxy) is 1. The minimum atomic E-state index is -0.116. The van der Waals surface area contributed by atoms with Crippen molar-refractivity contribution >= 4 is 17.5 Å². The monoisotopic (exact) mass is 322 g/mol. The zero-order valence-electron chi connectivity index (χ0n) is 13.2. The quantitative estimate of drug-likeness (QED) is 0.911. The Labute approximate surface area is 140 Å². The van der Waals surface area contributed by atoms with Crippen molar-refractivity contribution in [1.82, 2.24) is 5.32 Å². The van der Waals surface area contributed by atoms with Gasteiger partial charge in [0.15, 0.2) is 0 Å². The van der Waals surface area contributed by atoms with Crippen LogP contribution >= 0.6 is 0 Å². The van der Waals surface area contributed by atoms with Crippen molar-refractivity contribution in [2.75, 3.05) is 11.9 Å². The van der Waals surface area contributed by atoms with Gasteiger partial charge in [0, 0.05) is 24.1 Å². The smallest absolute Gasteiger partial charge is 0.251 e. The number of rotatable bonds is 3. The summed E-state index contributed by atoms with van der Waals surface area (Å²) in [6, 6.07) is 13.3. The lowest BCUT2D eigenvalue weighted by atomic mass is 10.00. The van der Waals surface area contributed by atoms with Crippen molar-refractivity contribution in [3.8, 4) is 5.75 Å². The topological polar surface area (TPSA) is 67.4 Å². The summed E-state index contributed by atoms with van der Waals surface area (Å²) in [6.45, 7) is 0.474. The molecule has 2 aromatic carbocycles. The molecule has 0 aromatic heterocycles. The average Bonchev–Trinajstić information content (AvgIpc) is 3.02. The molecule has 2 aliphatic heterocycles. The third-order valence-corrected chi connectivity index (χ3v) is 4.47. The first-order chi connectivity index (χ1) is 11.7. The van der Waals surface area contributed by atoms with Gasteiger partial charge in [0.2, 0.25) is 5.91 Å². The second-order valence-electron chi connectivity index (χ2n) is 6.18. The minimum absolute atomic E-state index is 0.0248. The van der Waals surface area contributed by atoms with Gasteiger partial charge in [-0.05, 0) is 41.8 Å². The van der Waals surface area contributed by atoms with Gasteiger partial charge in [-0.25, -0.2) is 0 Å². The molecule has 5 heteroatoms. The van der Waals surface area contributed by atoms with Crippen LogP contribution in [0, 0.1) is 0 Å². The zero-order valence-corrected chi connectivity index (χ0v) is 13.2. The summed E-state index contributed by atoms with van der Waals surface area (Å²) >= 11 is 0. The zero-order chi connectivity index (χ0) is 16.5. The third-order valence-electron chi connectivity index (χ3n) is 4.47. The first-order valence-corrected chi connectivity index (χ1v) is 8.14. The van der Waals surface area contributed by atoms with Crippen LogP contribution < -0.4 is 15.4 Å². The van der Waals surface area contributed by atoms with Gasteiger partial charge in [-0.2, -0.15) is 0 Å². The van der Waals surface area contributed by atoms with Crippen LogP contribution in [0.4, 0.5) is 5.69 Å². The van der Waals surface area contributed by atoms with E-state index >= 15 is 0 Å². The molecule has 2 aromatic rings. The Kier molecular flexibility index (Phi) is 3.69. The summed E-state index contributed by atoms with van der Waals surface area (Å²) in [5.41, 5.74) is 3.60. The van der Waals surface area contributed by atoms with E-state index in [4.69, 9.17) is 4.74 Å². The van der Waals surface area contributed by atoms with E-state index in [1.165, 1.54) is 5.56 Å². The molecule has 0 spiro atoms. The Bertz CT molecular complexity index is 791. The van der Waals surface area contributed by atoms with Gasteiger partial charge in [-0.3, -0.25) is 9.59 Å². The summed E-state index contributed by atoms with van der Waals surface area (Å²) in [7, 11) is 0. The molecule has 122 valence electrons. The van der Waals surface area contributed by atoms with Crippen LogP contribution in [0.1, 0.15) is 27.9 Å². The Morgan fingerprint density at radius 2 is 2.04 bits per heavy atom. The number of benzene rings is 2. The van der Waals surface area contributed by atoms with E-state index in [0.29, 0.717) is 24.9 Å². The van der Waals surface area contributed by atoms with E-state index in [2.05, 4.69) is 16.7 Å². The molecule has 5 nitrogen and oxygen atoms in total. The normalized spacial score (nSPS) is 18.2. The van der Waals surface area contributed by atoms with Gasteiger partial charge >= 0.3 is 0 Å². The molecule has 0 bridgehead atoms. The van der Waals surface area contributed by atoms with Crippen LogP contribution in [-0.4, -0.2) is 24.5 Å². The Morgan fingerprint density at radius 1 is 1.17 bits per heavy atom. The number of aryl methyl sites for hydroxylation is 1. The number of carbonyl (C=O) groups is 2.